The van der Waals surface area contributed by atoms with Crippen LogP contribution in [0.2, 0.25) is 0 Å². The molecule has 0 aromatic carbocycles. The number of hydrogen-bond acceptors (Lipinski definition) is 4. The summed E-state index contributed by atoms with van der Waals surface area (Å²) in [5.41, 5.74) is 0. The van der Waals surface area contributed by atoms with E-state index in [9.17, 15) is 0 Å². The van der Waals surface area contributed by atoms with Gasteiger partial charge in [-0.1, -0.05) is 0 Å². The monoisotopic (exact) mass is 351 g/mol. The third kappa shape index (κ3) is 122. The van der Waals surface area contributed by atoms with Gasteiger partial charge in [-0.2, -0.15) is 0 Å². The Bertz CT molecular complexity index is 27.5. The first-order chi connectivity index (χ1) is 3.83. The zero-order chi connectivity index (χ0) is 6.83. The third-order valence-electron chi connectivity index (χ3n) is 0.200. The summed E-state index contributed by atoms with van der Waals surface area (Å²) in [4.78, 5) is 0. The molecule has 8 heteroatoms. The summed E-state index contributed by atoms with van der Waals surface area (Å²) in [6.07, 6.45) is 0. The van der Waals surface area contributed by atoms with Gasteiger partial charge in [-0.05, 0) is 0 Å². The van der Waals surface area contributed by atoms with Gasteiger partial charge in [-0.3, -0.25) is 0 Å². The van der Waals surface area contributed by atoms with Gasteiger partial charge in [0.05, 0.1) is 26.4 Å². The van der Waals surface area contributed by atoms with Crippen molar-refractivity contribution in [3.8, 4) is 0 Å². The van der Waals surface area contributed by atoms with Gasteiger partial charge in [-0.15, -0.1) is 24.0 Å². The Morgan fingerprint density at radius 1 is 0.583 bits per heavy atom. The van der Waals surface area contributed by atoms with Crippen molar-refractivity contribution < 1.29 is 48.4 Å². The Hall–Kier alpha value is 1.01. The van der Waals surface area contributed by atoms with E-state index < -0.39 is 0 Å². The molecule has 0 aliphatic rings. The van der Waals surface area contributed by atoms with Crippen LogP contribution in [-0.2, 0) is 17.1 Å². The Labute approximate surface area is 98.7 Å². The first-order valence-corrected chi connectivity index (χ1v) is 2.26. The number of rotatable bonds is 2. The molecule has 0 saturated carbocycles. The quantitative estimate of drug-likeness (QED) is 0.309. The van der Waals surface area contributed by atoms with E-state index in [1.165, 1.54) is 0 Å². The summed E-state index contributed by atoms with van der Waals surface area (Å²) in [7, 11) is 0. The molecule has 6 nitrogen and oxygen atoms in total. The van der Waals surface area contributed by atoms with Crippen LogP contribution in [0, 0.1) is 0 Å². The van der Waals surface area contributed by atoms with Crippen LogP contribution in [0.1, 0.15) is 0 Å². The van der Waals surface area contributed by atoms with E-state index in [1.54, 1.807) is 0 Å². The van der Waals surface area contributed by atoms with Crippen LogP contribution in [0.5, 0.6) is 0 Å². The average Bonchev–Trinajstić information content (AvgIpc) is 1.88. The van der Waals surface area contributed by atoms with Crippen molar-refractivity contribution in [2.75, 3.05) is 26.4 Å². The van der Waals surface area contributed by atoms with Crippen molar-refractivity contribution >= 4 is 24.0 Å². The zero-order valence-electron chi connectivity index (χ0n) is 6.33. The van der Waals surface area contributed by atoms with E-state index >= 15 is 0 Å². The van der Waals surface area contributed by atoms with Crippen molar-refractivity contribution in [1.29, 1.82) is 0 Å². The van der Waals surface area contributed by atoms with E-state index in [-0.39, 0.29) is 78.4 Å². The molecule has 0 bridgehead atoms. The minimum Gasteiger partial charge on any atom is -0.412 e. The maximum atomic E-state index is 7.62. The predicted molar refractivity (Wildman–Crippen MR) is 51.0 cm³/mol. The molecule has 87 valence electrons. The Morgan fingerprint density at radius 3 is 0.667 bits per heavy atom. The second-order valence-corrected chi connectivity index (χ2v) is 0.894. The summed E-state index contributed by atoms with van der Waals surface area (Å²) in [5.74, 6) is 0. The molecule has 0 amide bonds. The van der Waals surface area contributed by atoms with Gasteiger partial charge in [0, 0.05) is 17.1 Å². The summed E-state index contributed by atoms with van der Waals surface area (Å²) in [5, 5.41) is 30.5. The van der Waals surface area contributed by atoms with E-state index in [1.807, 2.05) is 0 Å². The minimum atomic E-state index is -0.125. The van der Waals surface area contributed by atoms with E-state index in [0.29, 0.717) is 0 Å². The maximum Gasteiger partial charge on any atom is 0.0662 e. The molecule has 0 atom stereocenters. The largest absolute Gasteiger partial charge is 0.412 e. The van der Waals surface area contributed by atoms with E-state index in [0.717, 1.165) is 0 Å². The van der Waals surface area contributed by atoms with Crippen LogP contribution in [0.25, 0.3) is 0 Å². The normalized spacial score (nSPS) is 5.00. The van der Waals surface area contributed by atoms with Crippen molar-refractivity contribution in [2.45, 2.75) is 0 Å². The maximum absolute atomic E-state index is 7.62. The first kappa shape index (κ1) is 38.2. The van der Waals surface area contributed by atoms with Crippen LogP contribution in [0.4, 0.5) is 0 Å². The van der Waals surface area contributed by atoms with Crippen molar-refractivity contribution in [3.63, 3.8) is 0 Å². The van der Waals surface area contributed by atoms with Crippen LogP contribution in [-0.4, -0.2) is 57.8 Å². The average molecular weight is 352 g/mol. The van der Waals surface area contributed by atoms with Crippen LogP contribution >= 0.6 is 24.0 Å². The van der Waals surface area contributed by atoms with Gasteiger partial charge in [0.15, 0.2) is 0 Å². The van der Waals surface area contributed by atoms with Crippen molar-refractivity contribution in [1.82, 2.24) is 0 Å². The molecule has 0 unspecified atom stereocenters. The molecular formula is C4H17CuIO6. The molecule has 0 aliphatic carbocycles. The SMILES string of the molecule is I.O.O.OCCO.OCCO.[Cu]. The first-order valence-electron chi connectivity index (χ1n) is 2.26. The topological polar surface area (TPSA) is 144 Å². The van der Waals surface area contributed by atoms with Crippen molar-refractivity contribution in [2.24, 2.45) is 0 Å². The van der Waals surface area contributed by atoms with Gasteiger partial charge in [0.1, 0.15) is 0 Å². The molecule has 0 aromatic rings. The van der Waals surface area contributed by atoms with Gasteiger partial charge in [0.25, 0.3) is 0 Å². The molecule has 12 heavy (non-hydrogen) atoms. The molecule has 0 fully saturated rings. The Kier molecular flexibility index (Phi) is 185. The third-order valence-corrected chi connectivity index (χ3v) is 0.200. The molecule has 0 spiro atoms. The van der Waals surface area contributed by atoms with Crippen LogP contribution in [0.3, 0.4) is 0 Å². The second kappa shape index (κ2) is 58.0. The predicted octanol–water partition coefficient (Wildman–Crippen LogP) is -3.09. The summed E-state index contributed by atoms with van der Waals surface area (Å²) >= 11 is 0. The second-order valence-electron chi connectivity index (χ2n) is 0.894. The smallest absolute Gasteiger partial charge is 0.0662 e. The summed E-state index contributed by atoms with van der Waals surface area (Å²) in [6.45, 7) is -0.500. The number of hydrogen-bond donors (Lipinski definition) is 4. The van der Waals surface area contributed by atoms with Gasteiger partial charge in [0.2, 0.25) is 0 Å². The molecule has 0 aliphatic heterocycles. The molecule has 8 N–H and O–H groups in total. The zero-order valence-corrected chi connectivity index (χ0v) is 9.60. The van der Waals surface area contributed by atoms with E-state index in [4.69, 9.17) is 20.4 Å². The minimum absolute atomic E-state index is 0. The fourth-order valence-electron chi connectivity index (χ4n) is 0. The number of halogens is 1. The standard InChI is InChI=1S/2C2H6O2.Cu.HI.2H2O/c2*3-1-2-4;;;;/h2*3-4H,1-2H2;;1H;2*1H2. The Balaban J connectivity index is -0.0000000112. The number of aliphatic hydroxyl groups is 4. The van der Waals surface area contributed by atoms with E-state index in [2.05, 4.69) is 0 Å². The van der Waals surface area contributed by atoms with Gasteiger partial charge >= 0.3 is 0 Å². The molecular weight excluding hydrogens is 334 g/mol. The van der Waals surface area contributed by atoms with Crippen molar-refractivity contribution in [3.05, 3.63) is 0 Å². The molecule has 0 saturated heterocycles. The fraction of sp³-hybridized carbons (Fsp3) is 1.00. The fourth-order valence-corrected chi connectivity index (χ4v) is 0. The molecule has 0 aromatic heterocycles. The summed E-state index contributed by atoms with van der Waals surface area (Å²) in [6, 6.07) is 0. The van der Waals surface area contributed by atoms with Gasteiger partial charge < -0.3 is 31.4 Å². The number of aliphatic hydroxyl groups excluding tert-OH is 4. The van der Waals surface area contributed by atoms with Crippen LogP contribution < -0.4 is 0 Å². The molecule has 0 heterocycles. The van der Waals surface area contributed by atoms with Gasteiger partial charge in [-0.25, -0.2) is 0 Å². The Morgan fingerprint density at radius 2 is 0.667 bits per heavy atom. The molecule has 1 radical (unpaired) electrons. The molecule has 0 rings (SSSR count). The summed E-state index contributed by atoms with van der Waals surface area (Å²) < 4.78 is 0. The van der Waals surface area contributed by atoms with Crippen LogP contribution in [0.15, 0.2) is 0 Å².